The quantitative estimate of drug-likeness (QED) is 0.692. The van der Waals surface area contributed by atoms with E-state index in [2.05, 4.69) is 10.6 Å². The van der Waals surface area contributed by atoms with E-state index in [-0.39, 0.29) is 36.3 Å². The van der Waals surface area contributed by atoms with E-state index in [0.29, 0.717) is 38.3 Å². The summed E-state index contributed by atoms with van der Waals surface area (Å²) in [6, 6.07) is 5.05. The number of rotatable bonds is 4. The Balaban J connectivity index is 1.93. The highest BCUT2D eigenvalue weighted by atomic mass is 16.5. The van der Waals surface area contributed by atoms with Gasteiger partial charge in [0.25, 0.3) is 5.91 Å². The number of benzene rings is 1. The number of amides is 4. The Bertz CT molecular complexity index is 897. The first-order valence-corrected chi connectivity index (χ1v) is 12.2. The van der Waals surface area contributed by atoms with Crippen LogP contribution in [0.3, 0.4) is 0 Å². The second-order valence-electron chi connectivity index (χ2n) is 9.27. The van der Waals surface area contributed by atoms with Crippen LogP contribution in [-0.4, -0.2) is 78.3 Å². The normalized spacial score (nSPS) is 22.5. The first-order valence-electron chi connectivity index (χ1n) is 12.2. The van der Waals surface area contributed by atoms with Crippen LogP contribution in [0.4, 0.5) is 0 Å². The summed E-state index contributed by atoms with van der Waals surface area (Å²) in [5.74, 6) is -0.819. The number of hydrogen-bond acceptors (Lipinski definition) is 5. The molecule has 9 nitrogen and oxygen atoms in total. The first-order chi connectivity index (χ1) is 16.3. The number of hydrogen-bond donors (Lipinski definition) is 2. The van der Waals surface area contributed by atoms with Crippen molar-refractivity contribution in [3.63, 3.8) is 0 Å². The fourth-order valence-electron chi connectivity index (χ4n) is 4.42. The van der Waals surface area contributed by atoms with Gasteiger partial charge < -0.3 is 25.2 Å². The predicted octanol–water partition coefficient (Wildman–Crippen LogP) is 1.57. The molecule has 0 aromatic heterocycles. The van der Waals surface area contributed by atoms with Crippen LogP contribution in [0, 0.1) is 5.92 Å². The molecule has 0 radical (unpaired) electrons. The summed E-state index contributed by atoms with van der Waals surface area (Å²) in [4.78, 5) is 56.0. The molecule has 2 heterocycles. The Morgan fingerprint density at radius 3 is 2.47 bits per heavy atom. The molecule has 2 aliphatic rings. The molecule has 0 unspecified atom stereocenters. The minimum atomic E-state index is -1.03. The number of nitrogens with zero attached hydrogens (tertiary/aromatic N) is 2. The van der Waals surface area contributed by atoms with Crippen LogP contribution in [0.2, 0.25) is 0 Å². The number of fused-ring (bicyclic) bond motifs is 1. The smallest absolute Gasteiger partial charge is 0.255 e. The molecule has 2 atom stereocenters. The van der Waals surface area contributed by atoms with Crippen molar-refractivity contribution in [3.05, 3.63) is 29.8 Å². The third-order valence-electron chi connectivity index (χ3n) is 6.19. The van der Waals surface area contributed by atoms with Crippen molar-refractivity contribution in [2.75, 3.05) is 32.8 Å². The lowest BCUT2D eigenvalue weighted by atomic mass is 10.0. The van der Waals surface area contributed by atoms with Crippen LogP contribution in [0.25, 0.3) is 0 Å². The Morgan fingerprint density at radius 1 is 1.09 bits per heavy atom. The average Bonchev–Trinajstić information content (AvgIpc) is 3.34. The number of ether oxygens (including phenoxy) is 1. The molecule has 1 fully saturated rings. The van der Waals surface area contributed by atoms with Crippen LogP contribution >= 0.6 is 0 Å². The second-order valence-corrected chi connectivity index (χ2v) is 9.27. The molecule has 2 aliphatic heterocycles. The summed E-state index contributed by atoms with van der Waals surface area (Å²) in [7, 11) is 0. The molecule has 186 valence electrons. The largest absolute Gasteiger partial charge is 0.491 e. The molecule has 4 amide bonds. The van der Waals surface area contributed by atoms with Crippen LogP contribution in [-0.2, 0) is 14.4 Å². The third kappa shape index (κ3) is 6.48. The van der Waals surface area contributed by atoms with Gasteiger partial charge in [-0.2, -0.15) is 0 Å². The van der Waals surface area contributed by atoms with Crippen molar-refractivity contribution in [1.29, 1.82) is 0 Å². The second kappa shape index (κ2) is 11.9. The highest BCUT2D eigenvalue weighted by Gasteiger charge is 2.33. The number of likely N-dealkylation sites (tertiary alicyclic amines) is 1. The molecule has 2 N–H and O–H groups in total. The van der Waals surface area contributed by atoms with E-state index in [1.165, 1.54) is 0 Å². The molecule has 9 heteroatoms. The summed E-state index contributed by atoms with van der Waals surface area (Å²) in [6.45, 7) is 8.04. The van der Waals surface area contributed by atoms with E-state index in [1.54, 1.807) is 34.1 Å². The fraction of sp³-hybridized carbons (Fsp3) is 0.600. The van der Waals surface area contributed by atoms with E-state index >= 15 is 0 Å². The topological polar surface area (TPSA) is 108 Å². The van der Waals surface area contributed by atoms with Gasteiger partial charge in [0.2, 0.25) is 17.7 Å². The van der Waals surface area contributed by atoms with Gasteiger partial charge in [-0.1, -0.05) is 26.0 Å². The highest BCUT2D eigenvalue weighted by Crippen LogP contribution is 2.20. The van der Waals surface area contributed by atoms with Gasteiger partial charge in [-0.05, 0) is 44.2 Å². The minimum Gasteiger partial charge on any atom is -0.491 e. The number of carbonyl (C=O) groups is 4. The van der Waals surface area contributed by atoms with Gasteiger partial charge in [0.05, 0.1) is 18.5 Å². The van der Waals surface area contributed by atoms with E-state index in [4.69, 9.17) is 4.74 Å². The molecule has 0 saturated carbocycles. The Hall–Kier alpha value is -3.10. The molecular formula is C25H36N4O5. The Labute approximate surface area is 201 Å². The van der Waals surface area contributed by atoms with Crippen LogP contribution in [0.5, 0.6) is 5.75 Å². The Kier molecular flexibility index (Phi) is 8.90. The third-order valence-corrected chi connectivity index (χ3v) is 6.19. The molecule has 1 aromatic rings. The van der Waals surface area contributed by atoms with Gasteiger partial charge in [-0.3, -0.25) is 19.2 Å². The van der Waals surface area contributed by atoms with Crippen molar-refractivity contribution in [1.82, 2.24) is 20.4 Å². The minimum absolute atomic E-state index is 0.176. The van der Waals surface area contributed by atoms with E-state index in [0.717, 1.165) is 12.8 Å². The van der Waals surface area contributed by atoms with Crippen molar-refractivity contribution < 1.29 is 23.9 Å². The van der Waals surface area contributed by atoms with E-state index in [1.807, 2.05) is 20.8 Å². The SMILES string of the molecule is CCN1CCOc2ccccc2C(=O)N[C@H](C(=O)N2CCCC2)CC(=O)N[C@@H](CC(C)C)C1=O. The molecule has 0 aliphatic carbocycles. The molecule has 3 rings (SSSR count). The summed E-state index contributed by atoms with van der Waals surface area (Å²) >= 11 is 0. The van der Waals surface area contributed by atoms with Gasteiger partial charge in [0, 0.05) is 19.6 Å². The molecule has 34 heavy (non-hydrogen) atoms. The number of carbonyl (C=O) groups excluding carboxylic acids is 4. The summed E-state index contributed by atoms with van der Waals surface area (Å²) in [6.07, 6.45) is 2.03. The zero-order chi connectivity index (χ0) is 24.7. The number of likely N-dealkylation sites (N-methyl/N-ethyl adjacent to an activating group) is 1. The maximum absolute atomic E-state index is 13.3. The van der Waals surface area contributed by atoms with Crippen molar-refractivity contribution in [2.24, 2.45) is 5.92 Å². The summed E-state index contributed by atoms with van der Waals surface area (Å²) < 4.78 is 5.88. The Morgan fingerprint density at radius 2 is 1.79 bits per heavy atom. The van der Waals surface area contributed by atoms with Gasteiger partial charge in [-0.15, -0.1) is 0 Å². The highest BCUT2D eigenvalue weighted by molar-refractivity contribution is 6.01. The van der Waals surface area contributed by atoms with E-state index in [9.17, 15) is 19.2 Å². The lowest BCUT2D eigenvalue weighted by Crippen LogP contribution is -2.53. The first kappa shape index (κ1) is 25.5. The van der Waals surface area contributed by atoms with Crippen LogP contribution < -0.4 is 15.4 Å². The van der Waals surface area contributed by atoms with Gasteiger partial charge in [0.1, 0.15) is 24.4 Å². The van der Waals surface area contributed by atoms with Crippen molar-refractivity contribution in [2.45, 2.75) is 58.5 Å². The van der Waals surface area contributed by atoms with Gasteiger partial charge in [-0.25, -0.2) is 0 Å². The fourth-order valence-corrected chi connectivity index (χ4v) is 4.42. The molecular weight excluding hydrogens is 436 g/mol. The number of nitrogens with one attached hydrogen (secondary N) is 2. The zero-order valence-corrected chi connectivity index (χ0v) is 20.3. The lowest BCUT2D eigenvalue weighted by molar-refractivity contribution is -0.138. The maximum atomic E-state index is 13.3. The van der Waals surface area contributed by atoms with Crippen molar-refractivity contribution >= 4 is 23.6 Å². The average molecular weight is 473 g/mol. The standard InChI is InChI=1S/C25H36N4O5/c1-4-28-13-14-34-21-10-6-5-9-18(21)23(31)27-20(25(33)29-11-7-8-12-29)16-22(30)26-19(24(28)32)15-17(2)3/h5-6,9-10,17,19-20H,4,7-8,11-16H2,1-3H3,(H,26,30)(H,27,31)/t19-,20-/m0/s1. The molecule has 1 saturated heterocycles. The predicted molar refractivity (Wildman–Crippen MR) is 127 cm³/mol. The molecule has 0 spiro atoms. The summed E-state index contributed by atoms with van der Waals surface area (Å²) in [5, 5.41) is 5.59. The summed E-state index contributed by atoms with van der Waals surface area (Å²) in [5.41, 5.74) is 0.284. The van der Waals surface area contributed by atoms with Crippen LogP contribution in [0.15, 0.2) is 24.3 Å². The van der Waals surface area contributed by atoms with Gasteiger partial charge in [0.15, 0.2) is 0 Å². The van der Waals surface area contributed by atoms with E-state index < -0.39 is 23.9 Å². The molecule has 0 bridgehead atoms. The molecule has 1 aromatic carbocycles. The zero-order valence-electron chi connectivity index (χ0n) is 20.3. The van der Waals surface area contributed by atoms with Crippen molar-refractivity contribution in [3.8, 4) is 5.75 Å². The van der Waals surface area contributed by atoms with Crippen LogP contribution in [0.1, 0.15) is 56.8 Å². The maximum Gasteiger partial charge on any atom is 0.255 e. The monoisotopic (exact) mass is 472 g/mol. The van der Waals surface area contributed by atoms with Gasteiger partial charge >= 0.3 is 0 Å². The number of para-hydroxylation sites is 1. The lowest BCUT2D eigenvalue weighted by Gasteiger charge is -2.29.